The van der Waals surface area contributed by atoms with Crippen molar-refractivity contribution in [3.8, 4) is 17.2 Å². The lowest BCUT2D eigenvalue weighted by Crippen LogP contribution is -2.42. The maximum atomic E-state index is 13.1. The van der Waals surface area contributed by atoms with Crippen LogP contribution in [0.4, 0.5) is 0 Å². The first-order valence-electron chi connectivity index (χ1n) is 11.1. The van der Waals surface area contributed by atoms with Crippen LogP contribution in [-0.2, 0) is 4.79 Å². The van der Waals surface area contributed by atoms with Crippen molar-refractivity contribution in [2.24, 2.45) is 0 Å². The monoisotopic (exact) mass is 474 g/mol. The Morgan fingerprint density at radius 2 is 1.60 bits per heavy atom. The van der Waals surface area contributed by atoms with Crippen LogP contribution in [0.1, 0.15) is 33.1 Å². The second kappa shape index (κ2) is 10.3. The van der Waals surface area contributed by atoms with Crippen LogP contribution < -0.4 is 25.0 Å². The van der Waals surface area contributed by atoms with Crippen LogP contribution in [0.3, 0.4) is 0 Å². The predicted octanol–water partition coefficient (Wildman–Crippen LogP) is 3.04. The summed E-state index contributed by atoms with van der Waals surface area (Å²) >= 11 is 0. The van der Waals surface area contributed by atoms with E-state index in [0.29, 0.717) is 22.8 Å². The third-order valence-electron chi connectivity index (χ3n) is 5.89. The highest BCUT2D eigenvalue weighted by molar-refractivity contribution is 5.98. The van der Waals surface area contributed by atoms with Gasteiger partial charge >= 0.3 is 5.91 Å². The van der Waals surface area contributed by atoms with Crippen molar-refractivity contribution in [2.45, 2.75) is 19.0 Å². The molecule has 0 bridgehead atoms. The third-order valence-corrected chi connectivity index (χ3v) is 5.89. The Labute approximate surface area is 204 Å². The summed E-state index contributed by atoms with van der Waals surface area (Å²) in [6, 6.07) is 18.8. The van der Waals surface area contributed by atoms with E-state index in [2.05, 4.69) is 10.7 Å². The van der Waals surface area contributed by atoms with Gasteiger partial charge in [0.05, 0.1) is 21.3 Å². The fourth-order valence-corrected chi connectivity index (χ4v) is 4.00. The fourth-order valence-electron chi connectivity index (χ4n) is 4.00. The van der Waals surface area contributed by atoms with Crippen molar-refractivity contribution in [1.29, 1.82) is 0 Å². The summed E-state index contributed by atoms with van der Waals surface area (Å²) in [5.41, 5.74) is 6.09. The molecule has 1 aliphatic heterocycles. The van der Waals surface area contributed by atoms with E-state index in [9.17, 15) is 9.59 Å². The SMILES string of the molecule is COc1ccc(C(=O)N[C@@H]2C(=O)N/[N+](=C\c3ccc(OC)c(OC)c3)[C@H]2c2ccc(C)cc2)cc1. The molecule has 0 spiro atoms. The average molecular weight is 475 g/mol. The molecule has 35 heavy (non-hydrogen) atoms. The van der Waals surface area contributed by atoms with Crippen LogP contribution in [-0.4, -0.2) is 50.1 Å². The highest BCUT2D eigenvalue weighted by atomic mass is 16.5. The fraction of sp³-hybridized carbons (Fsp3) is 0.222. The minimum Gasteiger partial charge on any atom is -0.497 e. The number of carbonyl (C=O) groups excluding carboxylic acids is 2. The molecule has 0 radical (unpaired) electrons. The lowest BCUT2D eigenvalue weighted by molar-refractivity contribution is -0.596. The standard InChI is InChI=1S/C27H27N3O5/c1-17-5-8-19(9-6-17)25-24(28-26(31)20-10-12-21(33-2)13-11-20)27(32)29-30(25)16-18-7-14-22(34-3)23(15-18)35-4/h5-16,24-25H,1-4H3,(H-,28,29,31,32)/p+1/b30-16-/t24-,25-/m0/s1. The molecule has 0 aliphatic carbocycles. The van der Waals surface area contributed by atoms with Gasteiger partial charge in [0.1, 0.15) is 5.75 Å². The summed E-state index contributed by atoms with van der Waals surface area (Å²) in [4.78, 5) is 26.1. The second-order valence-corrected chi connectivity index (χ2v) is 8.16. The van der Waals surface area contributed by atoms with Crippen molar-refractivity contribution in [2.75, 3.05) is 21.3 Å². The zero-order valence-electron chi connectivity index (χ0n) is 20.1. The topological polar surface area (TPSA) is 88.9 Å². The van der Waals surface area contributed by atoms with E-state index < -0.39 is 12.1 Å². The molecule has 2 atom stereocenters. The number of benzene rings is 3. The maximum absolute atomic E-state index is 13.1. The molecule has 180 valence electrons. The first kappa shape index (κ1) is 23.8. The van der Waals surface area contributed by atoms with E-state index in [1.54, 1.807) is 56.3 Å². The van der Waals surface area contributed by atoms with Gasteiger partial charge in [-0.2, -0.15) is 0 Å². The molecule has 3 aromatic carbocycles. The molecule has 2 N–H and O–H groups in total. The Morgan fingerprint density at radius 1 is 0.914 bits per heavy atom. The number of hydrogen-bond acceptors (Lipinski definition) is 5. The van der Waals surface area contributed by atoms with Crippen molar-refractivity contribution in [3.63, 3.8) is 0 Å². The highest BCUT2D eigenvalue weighted by Gasteiger charge is 2.47. The molecule has 1 heterocycles. The smallest absolute Gasteiger partial charge is 0.304 e. The summed E-state index contributed by atoms with van der Waals surface area (Å²) in [5, 5.41) is 2.90. The first-order valence-corrected chi connectivity index (χ1v) is 11.1. The Balaban J connectivity index is 1.69. The van der Waals surface area contributed by atoms with Gasteiger partial charge in [0, 0.05) is 16.7 Å². The van der Waals surface area contributed by atoms with Gasteiger partial charge in [0.2, 0.25) is 12.3 Å². The number of nitrogens with zero attached hydrogens (tertiary/aromatic N) is 1. The molecule has 1 fully saturated rings. The Hall–Kier alpha value is -4.33. The van der Waals surface area contributed by atoms with Crippen molar-refractivity contribution < 1.29 is 28.5 Å². The number of rotatable bonds is 7. The second-order valence-electron chi connectivity index (χ2n) is 8.16. The number of amides is 2. The third kappa shape index (κ3) is 5.11. The summed E-state index contributed by atoms with van der Waals surface area (Å²) in [6.07, 6.45) is 1.81. The Morgan fingerprint density at radius 3 is 2.23 bits per heavy atom. The van der Waals surface area contributed by atoms with E-state index in [1.165, 1.54) is 0 Å². The number of nitrogens with one attached hydrogen (secondary N) is 2. The lowest BCUT2D eigenvalue weighted by Gasteiger charge is -2.15. The maximum Gasteiger partial charge on any atom is 0.304 e. The van der Waals surface area contributed by atoms with Gasteiger partial charge in [-0.25, -0.2) is 0 Å². The van der Waals surface area contributed by atoms with Crippen LogP contribution in [0.5, 0.6) is 17.2 Å². The van der Waals surface area contributed by atoms with Crippen LogP contribution >= 0.6 is 0 Å². The van der Waals surface area contributed by atoms with E-state index in [4.69, 9.17) is 14.2 Å². The molecule has 1 aliphatic rings. The van der Waals surface area contributed by atoms with Crippen LogP contribution in [0.2, 0.25) is 0 Å². The quantitative estimate of drug-likeness (QED) is 0.514. The van der Waals surface area contributed by atoms with Gasteiger partial charge < -0.3 is 19.5 Å². The number of methoxy groups -OCH3 is 3. The first-order chi connectivity index (χ1) is 16.9. The van der Waals surface area contributed by atoms with Crippen molar-refractivity contribution in [1.82, 2.24) is 10.7 Å². The summed E-state index contributed by atoms with van der Waals surface area (Å²) in [7, 11) is 4.71. The van der Waals surface area contributed by atoms with Gasteiger partial charge in [-0.3, -0.25) is 9.59 Å². The number of hydrazine groups is 1. The van der Waals surface area contributed by atoms with Crippen LogP contribution in [0, 0.1) is 6.92 Å². The molecule has 8 nitrogen and oxygen atoms in total. The number of ether oxygens (including phenoxy) is 3. The number of hydrogen-bond donors (Lipinski definition) is 2. The van der Waals surface area contributed by atoms with Gasteiger partial charge in [0.15, 0.2) is 17.5 Å². The largest absolute Gasteiger partial charge is 0.497 e. The number of hydrazone groups is 1. The minimum absolute atomic E-state index is 0.311. The van der Waals surface area contributed by atoms with Gasteiger partial charge in [0.25, 0.3) is 5.91 Å². The summed E-state index contributed by atoms with van der Waals surface area (Å²) in [6.45, 7) is 2.00. The van der Waals surface area contributed by atoms with Gasteiger partial charge in [-0.15, -0.1) is 10.1 Å². The number of aryl methyl sites for hydroxylation is 1. The van der Waals surface area contributed by atoms with E-state index in [-0.39, 0.29) is 11.8 Å². The summed E-state index contributed by atoms with van der Waals surface area (Å²) < 4.78 is 17.6. The molecule has 0 aromatic heterocycles. The average Bonchev–Trinajstić information content (AvgIpc) is 3.18. The summed E-state index contributed by atoms with van der Waals surface area (Å²) in [5.74, 6) is 1.17. The van der Waals surface area contributed by atoms with Crippen molar-refractivity contribution >= 4 is 18.0 Å². The minimum atomic E-state index is -0.816. The van der Waals surface area contributed by atoms with Crippen molar-refractivity contribution in [3.05, 3.63) is 89.0 Å². The lowest BCUT2D eigenvalue weighted by atomic mass is 9.98. The molecule has 0 unspecified atom stereocenters. The van der Waals surface area contributed by atoms with Crippen LogP contribution in [0.15, 0.2) is 66.7 Å². The normalized spacial score (nSPS) is 18.2. The van der Waals surface area contributed by atoms with Crippen LogP contribution in [0.25, 0.3) is 0 Å². The number of carbonyl (C=O) groups is 2. The molecular weight excluding hydrogens is 446 g/mol. The Bertz CT molecular complexity index is 1250. The Kier molecular flexibility index (Phi) is 7.01. The van der Waals surface area contributed by atoms with Gasteiger partial charge in [-0.1, -0.05) is 29.8 Å². The molecule has 4 rings (SSSR count). The van der Waals surface area contributed by atoms with E-state index in [0.717, 1.165) is 16.7 Å². The molecule has 2 amide bonds. The molecule has 1 saturated heterocycles. The predicted molar refractivity (Wildman–Crippen MR) is 131 cm³/mol. The highest BCUT2D eigenvalue weighted by Crippen LogP contribution is 2.29. The molecular formula is C27H28N3O5+. The molecule has 8 heteroatoms. The molecule has 3 aromatic rings. The van der Waals surface area contributed by atoms with Gasteiger partial charge in [-0.05, 0) is 49.4 Å². The van der Waals surface area contributed by atoms with E-state index >= 15 is 0 Å². The zero-order valence-corrected chi connectivity index (χ0v) is 20.1. The molecule has 0 saturated carbocycles. The van der Waals surface area contributed by atoms with E-state index in [1.807, 2.05) is 49.5 Å². The zero-order chi connectivity index (χ0) is 24.9.